The molecule has 1 aliphatic carbocycles. The maximum atomic E-state index is 12.5. The molecular formula is C13H20N4O4S. The Morgan fingerprint density at radius 1 is 1.55 bits per heavy atom. The lowest BCUT2D eigenvalue weighted by Crippen LogP contribution is -2.43. The van der Waals surface area contributed by atoms with E-state index in [0.29, 0.717) is 0 Å². The van der Waals surface area contributed by atoms with Crippen molar-refractivity contribution in [2.45, 2.75) is 55.6 Å². The number of aromatic amines is 1. The van der Waals surface area contributed by atoms with Crippen LogP contribution in [0, 0.1) is 0 Å². The van der Waals surface area contributed by atoms with Crippen molar-refractivity contribution in [3.05, 3.63) is 23.1 Å². The molecule has 2 rings (SSSR count). The number of sulfone groups is 1. The Morgan fingerprint density at radius 3 is 2.77 bits per heavy atom. The van der Waals surface area contributed by atoms with Gasteiger partial charge < -0.3 is 5.32 Å². The Morgan fingerprint density at radius 2 is 2.18 bits per heavy atom. The van der Waals surface area contributed by atoms with Gasteiger partial charge in [0.2, 0.25) is 15.7 Å². The molecule has 1 fully saturated rings. The standard InChI is InChI=1S/C13H20N4O4S/c1-3-8-17-12(19)15-16-13(17)22(20,21)9(2)11(18)14-10-6-4-5-7-10/h3,9-10H,1,4-8H2,2H3,(H,14,18)(H,15,19). The van der Waals surface area contributed by atoms with Crippen LogP contribution in [0.4, 0.5) is 0 Å². The lowest BCUT2D eigenvalue weighted by molar-refractivity contribution is -0.121. The number of amides is 1. The number of carbonyl (C=O) groups excluding carboxylic acids is 1. The number of nitrogens with zero attached hydrogens (tertiary/aromatic N) is 2. The third-order valence-electron chi connectivity index (χ3n) is 3.83. The molecule has 2 N–H and O–H groups in total. The van der Waals surface area contributed by atoms with Gasteiger partial charge in [-0.15, -0.1) is 11.7 Å². The smallest absolute Gasteiger partial charge is 0.344 e. The fraction of sp³-hybridized carbons (Fsp3) is 0.615. The molecule has 1 amide bonds. The third kappa shape index (κ3) is 3.13. The van der Waals surface area contributed by atoms with Gasteiger partial charge in [0, 0.05) is 12.6 Å². The highest BCUT2D eigenvalue weighted by atomic mass is 32.2. The summed E-state index contributed by atoms with van der Waals surface area (Å²) in [4.78, 5) is 23.7. The number of H-pyrrole nitrogens is 1. The topological polar surface area (TPSA) is 114 Å². The van der Waals surface area contributed by atoms with Crippen molar-refractivity contribution in [2.75, 3.05) is 0 Å². The van der Waals surface area contributed by atoms with Crippen LogP contribution < -0.4 is 11.0 Å². The van der Waals surface area contributed by atoms with Gasteiger partial charge in [0.25, 0.3) is 5.16 Å². The van der Waals surface area contributed by atoms with Crippen LogP contribution in [0.5, 0.6) is 0 Å². The molecule has 0 aliphatic heterocycles. The summed E-state index contributed by atoms with van der Waals surface area (Å²) in [7, 11) is -4.05. The van der Waals surface area contributed by atoms with Gasteiger partial charge in [-0.25, -0.2) is 18.3 Å². The molecule has 8 nitrogen and oxygen atoms in total. The lowest BCUT2D eigenvalue weighted by Gasteiger charge is -2.16. The third-order valence-corrected chi connectivity index (χ3v) is 5.79. The monoisotopic (exact) mass is 328 g/mol. The van der Waals surface area contributed by atoms with Gasteiger partial charge >= 0.3 is 5.69 Å². The second-order valence-electron chi connectivity index (χ2n) is 5.39. The fourth-order valence-corrected chi connectivity index (χ4v) is 3.80. The predicted molar refractivity (Wildman–Crippen MR) is 80.1 cm³/mol. The minimum Gasteiger partial charge on any atom is -0.352 e. The molecule has 1 saturated carbocycles. The summed E-state index contributed by atoms with van der Waals surface area (Å²) in [5, 5.41) is 6.64. The maximum absolute atomic E-state index is 12.5. The molecule has 1 atom stereocenters. The van der Waals surface area contributed by atoms with E-state index in [2.05, 4.69) is 22.1 Å². The highest BCUT2D eigenvalue weighted by Crippen LogP contribution is 2.19. The SMILES string of the molecule is C=CCn1c(S(=O)(=O)C(C)C(=O)NC2CCCC2)n[nH]c1=O. The van der Waals surface area contributed by atoms with Crippen molar-refractivity contribution in [1.29, 1.82) is 0 Å². The van der Waals surface area contributed by atoms with E-state index < -0.39 is 31.8 Å². The number of nitrogens with one attached hydrogen (secondary N) is 2. The average molecular weight is 328 g/mol. The first-order valence-corrected chi connectivity index (χ1v) is 8.73. The zero-order valence-corrected chi connectivity index (χ0v) is 13.2. The van der Waals surface area contributed by atoms with Crippen molar-refractivity contribution in [2.24, 2.45) is 0 Å². The summed E-state index contributed by atoms with van der Waals surface area (Å²) in [6.07, 6.45) is 5.18. The summed E-state index contributed by atoms with van der Waals surface area (Å²) in [6, 6.07) is 0.0275. The summed E-state index contributed by atoms with van der Waals surface area (Å²) in [5.41, 5.74) is -0.651. The summed E-state index contributed by atoms with van der Waals surface area (Å²) in [6.45, 7) is 4.78. The molecule has 1 unspecified atom stereocenters. The van der Waals surface area contributed by atoms with Crippen LogP contribution >= 0.6 is 0 Å². The minimum absolute atomic E-state index is 0.000854. The molecule has 0 bridgehead atoms. The van der Waals surface area contributed by atoms with E-state index in [-0.39, 0.29) is 12.6 Å². The number of rotatable bonds is 6. The van der Waals surface area contributed by atoms with Crippen molar-refractivity contribution in [3.8, 4) is 0 Å². The lowest BCUT2D eigenvalue weighted by atomic mass is 10.2. The van der Waals surface area contributed by atoms with E-state index in [1.807, 2.05) is 0 Å². The largest absolute Gasteiger partial charge is 0.352 e. The minimum atomic E-state index is -4.05. The van der Waals surface area contributed by atoms with Crippen LogP contribution in [0.15, 0.2) is 22.6 Å². The van der Waals surface area contributed by atoms with E-state index in [4.69, 9.17) is 0 Å². The number of allylic oxidation sites excluding steroid dienone is 1. The second-order valence-corrected chi connectivity index (χ2v) is 7.55. The Labute approximate surface area is 128 Å². The van der Waals surface area contributed by atoms with Gasteiger partial charge in [0.05, 0.1) is 0 Å². The van der Waals surface area contributed by atoms with Crippen LogP contribution in [0.25, 0.3) is 0 Å². The van der Waals surface area contributed by atoms with Crippen LogP contribution in [-0.4, -0.2) is 40.4 Å². The molecule has 122 valence electrons. The van der Waals surface area contributed by atoms with E-state index in [1.165, 1.54) is 13.0 Å². The number of carbonyl (C=O) groups is 1. The molecular weight excluding hydrogens is 308 g/mol. The molecule has 9 heteroatoms. The molecule has 22 heavy (non-hydrogen) atoms. The van der Waals surface area contributed by atoms with E-state index in [1.54, 1.807) is 0 Å². The van der Waals surface area contributed by atoms with Crippen molar-refractivity contribution < 1.29 is 13.2 Å². The molecule has 1 aliphatic rings. The molecule has 0 aromatic carbocycles. The van der Waals surface area contributed by atoms with Crippen LogP contribution in [-0.2, 0) is 21.2 Å². The first-order chi connectivity index (χ1) is 10.4. The summed E-state index contributed by atoms with van der Waals surface area (Å²) >= 11 is 0. The Hall–Kier alpha value is -1.90. The zero-order chi connectivity index (χ0) is 16.3. The van der Waals surface area contributed by atoms with E-state index in [9.17, 15) is 18.0 Å². The Bertz CT molecular complexity index is 713. The first-order valence-electron chi connectivity index (χ1n) is 7.18. The van der Waals surface area contributed by atoms with Gasteiger partial charge in [-0.3, -0.25) is 9.36 Å². The number of hydrogen-bond acceptors (Lipinski definition) is 5. The summed E-state index contributed by atoms with van der Waals surface area (Å²) < 4.78 is 26.0. The molecule has 0 saturated heterocycles. The van der Waals surface area contributed by atoms with Crippen molar-refractivity contribution in [3.63, 3.8) is 0 Å². The Balaban J connectivity index is 2.23. The quantitative estimate of drug-likeness (QED) is 0.712. The average Bonchev–Trinajstić information content (AvgIpc) is 3.09. The molecule has 1 aromatic rings. The normalized spacial score (nSPS) is 17.3. The van der Waals surface area contributed by atoms with Crippen molar-refractivity contribution in [1.82, 2.24) is 20.1 Å². The highest BCUT2D eigenvalue weighted by molar-refractivity contribution is 7.92. The zero-order valence-electron chi connectivity index (χ0n) is 12.4. The van der Waals surface area contributed by atoms with Gasteiger partial charge in [0.15, 0.2) is 0 Å². The number of aromatic nitrogens is 3. The van der Waals surface area contributed by atoms with Crippen LogP contribution in [0.2, 0.25) is 0 Å². The molecule has 0 radical (unpaired) electrons. The molecule has 1 heterocycles. The van der Waals surface area contributed by atoms with Crippen molar-refractivity contribution >= 4 is 15.7 Å². The fourth-order valence-electron chi connectivity index (χ4n) is 2.50. The second kappa shape index (κ2) is 6.47. The van der Waals surface area contributed by atoms with Gasteiger partial charge in [-0.1, -0.05) is 18.9 Å². The van der Waals surface area contributed by atoms with Crippen LogP contribution in [0.3, 0.4) is 0 Å². The van der Waals surface area contributed by atoms with E-state index >= 15 is 0 Å². The first kappa shape index (κ1) is 16.5. The van der Waals surface area contributed by atoms with Gasteiger partial charge in [0.1, 0.15) is 5.25 Å². The predicted octanol–water partition coefficient (Wildman–Crippen LogP) is -0.0216. The summed E-state index contributed by atoms with van der Waals surface area (Å²) in [5.74, 6) is -0.562. The van der Waals surface area contributed by atoms with E-state index in [0.717, 1.165) is 30.3 Å². The molecule has 0 spiro atoms. The highest BCUT2D eigenvalue weighted by Gasteiger charge is 2.35. The van der Waals surface area contributed by atoms with Crippen LogP contribution in [0.1, 0.15) is 32.6 Å². The van der Waals surface area contributed by atoms with Gasteiger partial charge in [-0.2, -0.15) is 0 Å². The Kier molecular flexibility index (Phi) is 4.84. The number of hydrogen-bond donors (Lipinski definition) is 2. The maximum Gasteiger partial charge on any atom is 0.344 e. The van der Waals surface area contributed by atoms with Gasteiger partial charge in [-0.05, 0) is 19.8 Å². The molecule has 1 aromatic heterocycles.